The summed E-state index contributed by atoms with van der Waals surface area (Å²) in [5.74, 6) is -1.51. The first-order valence-electron chi connectivity index (χ1n) is 11.2. The number of hydrogen-bond donors (Lipinski definition) is 3. The van der Waals surface area contributed by atoms with Gasteiger partial charge in [-0.05, 0) is 30.3 Å². The number of rotatable bonds is 8. The Morgan fingerprint density at radius 2 is 1.89 bits per heavy atom. The number of ether oxygens (including phenoxy) is 1. The molecule has 1 aliphatic rings. The Balaban J connectivity index is 1.39. The second-order valence-corrected chi connectivity index (χ2v) is 9.08. The molecule has 0 radical (unpaired) electrons. The second-order valence-electron chi connectivity index (χ2n) is 8.10. The molecule has 5 rings (SSSR count). The van der Waals surface area contributed by atoms with Crippen LogP contribution in [-0.2, 0) is 15.4 Å². The average Bonchev–Trinajstić information content (AvgIpc) is 3.29. The topological polar surface area (TPSA) is 158 Å². The maximum Gasteiger partial charge on any atom is 0.274 e. The minimum Gasteiger partial charge on any atom is -0.377 e. The first-order valence-corrected chi connectivity index (χ1v) is 12.6. The fraction of sp³-hybridized carbons (Fsp3) is 0.167. The van der Waals surface area contributed by atoms with Crippen molar-refractivity contribution < 1.29 is 22.7 Å². The lowest BCUT2D eigenvalue weighted by Gasteiger charge is -2.25. The maximum atomic E-state index is 13.2. The Hall–Kier alpha value is -4.49. The monoisotopic (exact) mass is 519 g/mol. The lowest BCUT2D eigenvalue weighted by atomic mass is 10.1. The van der Waals surface area contributed by atoms with E-state index in [9.17, 15) is 18.0 Å². The summed E-state index contributed by atoms with van der Waals surface area (Å²) in [6, 6.07) is 12.0. The summed E-state index contributed by atoms with van der Waals surface area (Å²) in [7, 11) is -2.75. The molecule has 2 amide bonds. The molecular weight excluding hydrogens is 498 g/mol. The third-order valence-corrected chi connectivity index (χ3v) is 5.95. The minimum atomic E-state index is -2.75. The van der Waals surface area contributed by atoms with Crippen LogP contribution in [0.1, 0.15) is 26.9 Å². The van der Waals surface area contributed by atoms with Gasteiger partial charge in [-0.15, -0.1) is 0 Å². The molecule has 1 fully saturated rings. The molecule has 0 atom stereocenters. The molecule has 13 heteroatoms. The predicted molar refractivity (Wildman–Crippen MR) is 133 cm³/mol. The summed E-state index contributed by atoms with van der Waals surface area (Å²) < 4.78 is 28.5. The van der Waals surface area contributed by atoms with Crippen molar-refractivity contribution in [2.24, 2.45) is 0 Å². The van der Waals surface area contributed by atoms with Crippen LogP contribution in [0, 0.1) is 0 Å². The van der Waals surface area contributed by atoms with E-state index in [4.69, 9.17) is 4.74 Å². The van der Waals surface area contributed by atoms with Crippen LogP contribution in [0.25, 0.3) is 22.6 Å². The predicted octanol–water partition coefficient (Wildman–Crippen LogP) is 1.52. The van der Waals surface area contributed by atoms with Gasteiger partial charge in [0.05, 0.1) is 41.9 Å². The van der Waals surface area contributed by atoms with E-state index in [0.29, 0.717) is 41.5 Å². The summed E-state index contributed by atoms with van der Waals surface area (Å²) in [5.41, 5.74) is 2.83. The summed E-state index contributed by atoms with van der Waals surface area (Å²) >= 11 is 0. The van der Waals surface area contributed by atoms with Gasteiger partial charge >= 0.3 is 0 Å². The smallest absolute Gasteiger partial charge is 0.274 e. The molecule has 0 spiro atoms. The summed E-state index contributed by atoms with van der Waals surface area (Å²) in [6.07, 6.45) is 6.22. The molecule has 0 aliphatic carbocycles. The van der Waals surface area contributed by atoms with Gasteiger partial charge in [0.25, 0.3) is 11.8 Å². The zero-order chi connectivity index (χ0) is 25.8. The number of hydrogen-bond acceptors (Lipinski definition) is 9. The van der Waals surface area contributed by atoms with Crippen molar-refractivity contribution in [1.82, 2.24) is 30.0 Å². The SMILES string of the molecule is O=C(NC[SH](=O)=O)c1cncc(-c2cccc(C(=O)Nc3cn(C4COC4)nc3-c3ccccn3)n2)c1. The lowest BCUT2D eigenvalue weighted by molar-refractivity contribution is -0.0285. The van der Waals surface area contributed by atoms with Gasteiger partial charge in [-0.3, -0.25) is 24.2 Å². The van der Waals surface area contributed by atoms with Crippen molar-refractivity contribution >= 4 is 28.2 Å². The van der Waals surface area contributed by atoms with Gasteiger partial charge in [-0.25, -0.2) is 13.4 Å². The highest BCUT2D eigenvalue weighted by atomic mass is 32.2. The van der Waals surface area contributed by atoms with Gasteiger partial charge in [0, 0.05) is 30.4 Å². The van der Waals surface area contributed by atoms with E-state index in [0.717, 1.165) is 0 Å². The van der Waals surface area contributed by atoms with Crippen LogP contribution in [0.4, 0.5) is 5.69 Å². The Bertz CT molecular complexity index is 1530. The van der Waals surface area contributed by atoms with E-state index >= 15 is 0 Å². The van der Waals surface area contributed by atoms with Gasteiger partial charge in [-0.2, -0.15) is 5.10 Å². The number of aromatic nitrogens is 5. The normalized spacial score (nSPS) is 13.2. The quantitative estimate of drug-likeness (QED) is 0.294. The standard InChI is InChI=1S/C24H21N7O5S/c32-23(27-14-37(34)35)16-8-15(9-25-10-16)18-5-3-6-20(28-18)24(33)29-21-11-31(17-12-36-13-17)30-22(21)19-4-1-2-7-26-19/h1-11,17,37H,12-14H2,(H,27,32)(H,29,33). The van der Waals surface area contributed by atoms with Crippen LogP contribution in [0.5, 0.6) is 0 Å². The van der Waals surface area contributed by atoms with Crippen LogP contribution in [0.2, 0.25) is 0 Å². The zero-order valence-corrected chi connectivity index (χ0v) is 20.2. The van der Waals surface area contributed by atoms with Crippen molar-refractivity contribution in [2.45, 2.75) is 6.04 Å². The number of amides is 2. The largest absolute Gasteiger partial charge is 0.377 e. The van der Waals surface area contributed by atoms with Gasteiger partial charge < -0.3 is 15.4 Å². The van der Waals surface area contributed by atoms with Crippen molar-refractivity contribution in [2.75, 3.05) is 24.4 Å². The third kappa shape index (κ3) is 5.52. The Morgan fingerprint density at radius 3 is 2.62 bits per heavy atom. The molecule has 37 heavy (non-hydrogen) atoms. The van der Waals surface area contributed by atoms with Crippen LogP contribution in [-0.4, -0.2) is 64.1 Å². The zero-order valence-electron chi connectivity index (χ0n) is 19.3. The molecule has 5 heterocycles. The Morgan fingerprint density at radius 1 is 1.05 bits per heavy atom. The molecule has 4 aromatic heterocycles. The lowest BCUT2D eigenvalue weighted by Crippen LogP contribution is -2.30. The van der Waals surface area contributed by atoms with E-state index in [1.165, 1.54) is 18.5 Å². The van der Waals surface area contributed by atoms with Crippen molar-refractivity contribution in [3.63, 3.8) is 0 Å². The molecule has 0 saturated carbocycles. The summed E-state index contributed by atoms with van der Waals surface area (Å²) in [4.78, 5) is 38.2. The molecular formula is C24H21N7O5S. The van der Waals surface area contributed by atoms with Crippen LogP contribution in [0.15, 0.2) is 67.3 Å². The molecule has 0 bridgehead atoms. The Labute approximate surface area is 212 Å². The van der Waals surface area contributed by atoms with E-state index in [2.05, 4.69) is 30.7 Å². The maximum absolute atomic E-state index is 13.2. The number of nitrogens with zero attached hydrogens (tertiary/aromatic N) is 5. The fourth-order valence-electron chi connectivity index (χ4n) is 3.59. The molecule has 188 valence electrons. The van der Waals surface area contributed by atoms with Crippen molar-refractivity contribution in [1.29, 1.82) is 0 Å². The van der Waals surface area contributed by atoms with Gasteiger partial charge in [0.2, 0.25) is 0 Å². The van der Waals surface area contributed by atoms with Crippen LogP contribution in [0.3, 0.4) is 0 Å². The highest BCUT2D eigenvalue weighted by molar-refractivity contribution is 7.72. The van der Waals surface area contributed by atoms with Crippen LogP contribution < -0.4 is 10.6 Å². The van der Waals surface area contributed by atoms with Crippen molar-refractivity contribution in [3.05, 3.63) is 78.5 Å². The highest BCUT2D eigenvalue weighted by Gasteiger charge is 2.25. The number of carbonyl (C=O) groups excluding carboxylic acids is 2. The van der Waals surface area contributed by atoms with E-state index < -0.39 is 28.4 Å². The van der Waals surface area contributed by atoms with Crippen LogP contribution >= 0.6 is 0 Å². The molecule has 1 saturated heterocycles. The fourth-order valence-corrected chi connectivity index (χ4v) is 3.86. The van der Waals surface area contributed by atoms with E-state index in [-0.39, 0.29) is 17.3 Å². The van der Waals surface area contributed by atoms with Gasteiger partial charge in [0.15, 0.2) is 10.7 Å². The minimum absolute atomic E-state index is 0.0841. The van der Waals surface area contributed by atoms with Gasteiger partial charge in [0.1, 0.15) is 17.3 Å². The molecule has 2 N–H and O–H groups in total. The first-order chi connectivity index (χ1) is 18.0. The summed E-state index contributed by atoms with van der Waals surface area (Å²) in [6.45, 7) is 1.08. The average molecular weight is 520 g/mol. The number of nitrogens with one attached hydrogen (secondary N) is 2. The molecule has 4 aromatic rings. The molecule has 0 unspecified atom stereocenters. The van der Waals surface area contributed by atoms with Gasteiger partial charge in [-0.1, -0.05) is 12.1 Å². The number of carbonyl (C=O) groups is 2. The Kier molecular flexibility index (Phi) is 6.96. The molecule has 1 aliphatic heterocycles. The number of anilines is 1. The molecule has 0 aromatic carbocycles. The van der Waals surface area contributed by atoms with Crippen molar-refractivity contribution in [3.8, 4) is 22.6 Å². The van der Waals surface area contributed by atoms with E-state index in [1.54, 1.807) is 41.3 Å². The first kappa shape index (κ1) is 24.2. The second kappa shape index (κ2) is 10.6. The number of thiol groups is 1. The summed E-state index contributed by atoms with van der Waals surface area (Å²) in [5, 5.41) is 9.79. The van der Waals surface area contributed by atoms with E-state index in [1.807, 2.05) is 12.1 Å². The molecule has 12 nitrogen and oxygen atoms in total. The number of pyridine rings is 3. The third-order valence-electron chi connectivity index (χ3n) is 5.53. The highest BCUT2D eigenvalue weighted by Crippen LogP contribution is 2.29.